The van der Waals surface area contributed by atoms with Crippen LogP contribution in [0.1, 0.15) is 22.3 Å². The van der Waals surface area contributed by atoms with Gasteiger partial charge < -0.3 is 0 Å². The maximum atomic E-state index is 5.50. The first-order chi connectivity index (χ1) is 27.8. The molecule has 56 heavy (non-hydrogen) atoms. The predicted octanol–water partition coefficient (Wildman–Crippen LogP) is 14.5. The van der Waals surface area contributed by atoms with Crippen LogP contribution < -0.4 is 0 Å². The maximum Gasteiger partial charge on any atom is 0.0725 e. The molecule has 2 heterocycles. The van der Waals surface area contributed by atoms with Crippen LogP contribution in [0.4, 0.5) is 0 Å². The summed E-state index contributed by atoms with van der Waals surface area (Å²) in [5.41, 5.74) is 19.1. The molecule has 2 aliphatic carbocycles. The van der Waals surface area contributed by atoms with E-state index >= 15 is 0 Å². The average molecular weight is 728 g/mol. The van der Waals surface area contributed by atoms with E-state index in [9.17, 15) is 0 Å². The fraction of sp³-hybridized carbons (Fsp3) is 0.0185. The summed E-state index contributed by atoms with van der Waals surface area (Å²) in [6, 6.07) is 73.6. The number of pyridine rings is 1. The summed E-state index contributed by atoms with van der Waals surface area (Å²) < 4.78 is 2.65. The van der Waals surface area contributed by atoms with Gasteiger partial charge in [-0.05, 0) is 91.0 Å². The van der Waals surface area contributed by atoms with E-state index in [1.165, 1.54) is 81.4 Å². The number of rotatable bonds is 4. The fourth-order valence-corrected chi connectivity index (χ4v) is 11.0. The SMILES string of the molecule is c1ccc(-c2cc(-c3cccc(-c4cccc5c4sc4ccccc45)c3)cc(-c3cccc4c3-c3ccccc3C43c4ccccc4-c4ccccc43)n2)cc1. The van der Waals surface area contributed by atoms with E-state index in [0.717, 1.165) is 28.1 Å². The van der Waals surface area contributed by atoms with Crippen LogP contribution in [-0.4, -0.2) is 4.98 Å². The number of hydrogen-bond donors (Lipinski definition) is 0. The van der Waals surface area contributed by atoms with Gasteiger partial charge in [0.2, 0.25) is 0 Å². The number of aromatic nitrogens is 1. The Morgan fingerprint density at radius 1 is 0.339 bits per heavy atom. The molecule has 0 N–H and O–H groups in total. The molecule has 0 saturated heterocycles. The Labute approximate surface area is 329 Å². The Morgan fingerprint density at radius 3 is 1.68 bits per heavy atom. The number of nitrogens with zero attached hydrogens (tertiary/aromatic N) is 1. The minimum atomic E-state index is -0.406. The molecule has 1 spiro atoms. The van der Waals surface area contributed by atoms with Crippen LogP contribution in [0.5, 0.6) is 0 Å². The molecule has 0 atom stereocenters. The van der Waals surface area contributed by atoms with E-state index in [0.29, 0.717) is 0 Å². The zero-order chi connectivity index (χ0) is 36.8. The van der Waals surface area contributed by atoms with Gasteiger partial charge in [-0.3, -0.25) is 0 Å². The Morgan fingerprint density at radius 2 is 0.875 bits per heavy atom. The summed E-state index contributed by atoms with van der Waals surface area (Å²) in [4.78, 5) is 5.50. The van der Waals surface area contributed by atoms with Crippen molar-refractivity contribution in [2.24, 2.45) is 0 Å². The van der Waals surface area contributed by atoms with E-state index in [1.807, 2.05) is 11.3 Å². The van der Waals surface area contributed by atoms with E-state index in [-0.39, 0.29) is 0 Å². The van der Waals surface area contributed by atoms with Gasteiger partial charge in [-0.25, -0.2) is 4.98 Å². The topological polar surface area (TPSA) is 12.9 Å². The molecule has 2 aliphatic rings. The smallest absolute Gasteiger partial charge is 0.0725 e. The molecule has 0 fully saturated rings. The van der Waals surface area contributed by atoms with Crippen molar-refractivity contribution in [3.8, 4) is 67.0 Å². The standard InChI is InChI=1S/C54H33NS/c1-2-15-34(16-3-1)49-32-37(35-17-12-18-36(31-35)38-23-13-24-42-41-21-7-11-30-51(41)56-53(38)42)33-50(55-49)44-25-14-29-48-52(44)43-22-6-10-28-47(43)54(48)45-26-8-4-19-39(45)40-20-5-9-27-46(40)54/h1-33H. The highest BCUT2D eigenvalue weighted by Crippen LogP contribution is 2.64. The first-order valence-corrected chi connectivity index (χ1v) is 20.1. The summed E-state index contributed by atoms with van der Waals surface area (Å²) in [5.74, 6) is 0. The van der Waals surface area contributed by atoms with Crippen LogP contribution in [0, 0.1) is 0 Å². The van der Waals surface area contributed by atoms with Crippen molar-refractivity contribution >= 4 is 31.5 Å². The van der Waals surface area contributed by atoms with Crippen LogP contribution in [0.15, 0.2) is 200 Å². The molecule has 12 rings (SSSR count). The van der Waals surface area contributed by atoms with E-state index in [1.54, 1.807) is 0 Å². The zero-order valence-electron chi connectivity index (χ0n) is 30.4. The summed E-state index contributed by atoms with van der Waals surface area (Å²) in [6.45, 7) is 0. The number of hydrogen-bond acceptors (Lipinski definition) is 2. The Bertz CT molecular complexity index is 3160. The van der Waals surface area contributed by atoms with Gasteiger partial charge in [0, 0.05) is 31.3 Å². The molecular formula is C54H33NS. The molecule has 0 saturated carbocycles. The lowest BCUT2D eigenvalue weighted by molar-refractivity contribution is 0.794. The normalized spacial score (nSPS) is 13.1. The Hall–Kier alpha value is -6.87. The summed E-state index contributed by atoms with van der Waals surface area (Å²) in [7, 11) is 0. The van der Waals surface area contributed by atoms with Crippen molar-refractivity contribution in [3.63, 3.8) is 0 Å². The Kier molecular flexibility index (Phi) is 6.78. The molecule has 2 heteroatoms. The summed E-state index contributed by atoms with van der Waals surface area (Å²) in [5, 5.41) is 2.63. The first kappa shape index (κ1) is 31.5. The molecule has 8 aromatic carbocycles. The molecule has 0 radical (unpaired) electrons. The highest BCUT2D eigenvalue weighted by molar-refractivity contribution is 7.26. The lowest BCUT2D eigenvalue weighted by Crippen LogP contribution is -2.25. The zero-order valence-corrected chi connectivity index (χ0v) is 31.2. The molecule has 0 amide bonds. The van der Waals surface area contributed by atoms with Crippen LogP contribution in [0.3, 0.4) is 0 Å². The quantitative estimate of drug-likeness (QED) is 0.176. The van der Waals surface area contributed by atoms with E-state index in [4.69, 9.17) is 4.98 Å². The molecule has 10 aromatic rings. The van der Waals surface area contributed by atoms with Crippen molar-refractivity contribution in [3.05, 3.63) is 222 Å². The number of thiophene rings is 1. The minimum absolute atomic E-state index is 0.406. The number of benzene rings is 8. The van der Waals surface area contributed by atoms with Gasteiger partial charge in [0.15, 0.2) is 0 Å². The average Bonchev–Trinajstić information content (AvgIpc) is 3.91. The lowest BCUT2D eigenvalue weighted by Gasteiger charge is -2.30. The van der Waals surface area contributed by atoms with Crippen molar-refractivity contribution < 1.29 is 0 Å². The maximum absolute atomic E-state index is 5.50. The van der Waals surface area contributed by atoms with Gasteiger partial charge in [0.05, 0.1) is 16.8 Å². The van der Waals surface area contributed by atoms with Crippen LogP contribution >= 0.6 is 11.3 Å². The molecular weight excluding hydrogens is 695 g/mol. The second kappa shape index (κ2) is 12.1. The monoisotopic (exact) mass is 727 g/mol. The molecule has 260 valence electrons. The molecule has 0 unspecified atom stereocenters. The van der Waals surface area contributed by atoms with Gasteiger partial charge >= 0.3 is 0 Å². The Balaban J connectivity index is 1.09. The summed E-state index contributed by atoms with van der Waals surface area (Å²) >= 11 is 1.88. The third kappa shape index (κ3) is 4.39. The van der Waals surface area contributed by atoms with Gasteiger partial charge in [0.1, 0.15) is 0 Å². The van der Waals surface area contributed by atoms with E-state index < -0.39 is 5.41 Å². The van der Waals surface area contributed by atoms with Crippen molar-refractivity contribution in [1.82, 2.24) is 4.98 Å². The van der Waals surface area contributed by atoms with Crippen molar-refractivity contribution in [1.29, 1.82) is 0 Å². The highest BCUT2D eigenvalue weighted by Gasteiger charge is 2.52. The van der Waals surface area contributed by atoms with Crippen LogP contribution in [0.25, 0.3) is 87.2 Å². The second-order valence-corrected chi connectivity index (χ2v) is 16.0. The lowest BCUT2D eigenvalue weighted by atomic mass is 9.70. The van der Waals surface area contributed by atoms with Gasteiger partial charge in [-0.2, -0.15) is 0 Å². The molecule has 0 aliphatic heterocycles. The largest absolute Gasteiger partial charge is 0.248 e. The number of fused-ring (bicyclic) bond motifs is 13. The second-order valence-electron chi connectivity index (χ2n) is 15.0. The first-order valence-electron chi connectivity index (χ1n) is 19.3. The third-order valence-corrected chi connectivity index (χ3v) is 13.3. The van der Waals surface area contributed by atoms with Crippen molar-refractivity contribution in [2.45, 2.75) is 5.41 Å². The van der Waals surface area contributed by atoms with Gasteiger partial charge in [0.25, 0.3) is 0 Å². The minimum Gasteiger partial charge on any atom is -0.248 e. The fourth-order valence-electron chi connectivity index (χ4n) is 9.79. The van der Waals surface area contributed by atoms with Crippen molar-refractivity contribution in [2.75, 3.05) is 0 Å². The molecule has 0 bridgehead atoms. The predicted molar refractivity (Wildman–Crippen MR) is 235 cm³/mol. The van der Waals surface area contributed by atoms with Crippen LogP contribution in [0.2, 0.25) is 0 Å². The molecule has 2 aromatic heterocycles. The summed E-state index contributed by atoms with van der Waals surface area (Å²) in [6.07, 6.45) is 0. The van der Waals surface area contributed by atoms with Crippen LogP contribution in [-0.2, 0) is 5.41 Å². The van der Waals surface area contributed by atoms with E-state index in [2.05, 4.69) is 200 Å². The third-order valence-electron chi connectivity index (χ3n) is 12.1. The molecule has 1 nitrogen and oxygen atoms in total. The highest BCUT2D eigenvalue weighted by atomic mass is 32.1. The van der Waals surface area contributed by atoms with Gasteiger partial charge in [-0.15, -0.1) is 11.3 Å². The van der Waals surface area contributed by atoms with Gasteiger partial charge in [-0.1, -0.05) is 176 Å².